The van der Waals surface area contributed by atoms with Crippen LogP contribution in [0.25, 0.3) is 6.08 Å². The van der Waals surface area contributed by atoms with E-state index in [2.05, 4.69) is 6.58 Å². The van der Waals surface area contributed by atoms with Crippen molar-refractivity contribution in [3.8, 4) is 17.2 Å². The second-order valence-corrected chi connectivity index (χ2v) is 7.07. The van der Waals surface area contributed by atoms with Crippen LogP contribution in [-0.4, -0.2) is 23.1 Å². The largest absolute Gasteiger partial charge is 0.508 e. The fourth-order valence-corrected chi connectivity index (χ4v) is 2.68. The van der Waals surface area contributed by atoms with Gasteiger partial charge in [-0.2, -0.15) is 0 Å². The van der Waals surface area contributed by atoms with Crippen LogP contribution in [0.3, 0.4) is 0 Å². The number of carbonyl (C=O) groups is 1. The summed E-state index contributed by atoms with van der Waals surface area (Å²) in [5, 5.41) is 9.37. The number of ether oxygens (including phenoxy) is 2. The molecule has 0 bridgehead atoms. The molecule has 2 aromatic rings. The van der Waals surface area contributed by atoms with Gasteiger partial charge in [-0.05, 0) is 82.2 Å². The van der Waals surface area contributed by atoms with Crippen molar-refractivity contribution in [1.82, 2.24) is 0 Å². The topological polar surface area (TPSA) is 55.8 Å². The molecule has 0 aromatic heterocycles. The van der Waals surface area contributed by atoms with E-state index in [9.17, 15) is 9.90 Å². The highest BCUT2D eigenvalue weighted by Crippen LogP contribution is 2.32. The average molecular weight is 380 g/mol. The highest BCUT2D eigenvalue weighted by atomic mass is 16.5. The number of phenolic OH excluding ortho intramolecular Hbond substituents is 1. The molecular weight excluding hydrogens is 352 g/mol. The lowest BCUT2D eigenvalue weighted by molar-refractivity contribution is 0.104. The number of benzene rings is 2. The Labute approximate surface area is 167 Å². The van der Waals surface area contributed by atoms with Gasteiger partial charge in [0.05, 0.1) is 12.2 Å². The van der Waals surface area contributed by atoms with Gasteiger partial charge in [0.2, 0.25) is 0 Å². The molecule has 0 atom stereocenters. The molecule has 0 unspecified atom stereocenters. The van der Waals surface area contributed by atoms with Crippen molar-refractivity contribution < 1.29 is 19.4 Å². The first-order valence-electron chi connectivity index (χ1n) is 9.42. The van der Waals surface area contributed by atoms with Gasteiger partial charge in [-0.15, -0.1) is 6.58 Å². The second-order valence-electron chi connectivity index (χ2n) is 7.07. The number of aromatic hydroxyl groups is 1. The third-order valence-corrected chi connectivity index (χ3v) is 3.85. The smallest absolute Gasteiger partial charge is 0.185 e. The van der Waals surface area contributed by atoms with Gasteiger partial charge in [-0.25, -0.2) is 0 Å². The lowest BCUT2D eigenvalue weighted by atomic mass is 10.0. The standard InChI is InChI=1S/C24H28O4/c1-6-7-19-14-20(10-13-22(26)18-8-11-21(25)12-9-18)24(28-17(4)5)15-23(19)27-16(2)3/h6,8-17,25H,1,7H2,2-5H3/b13-10+. The fourth-order valence-electron chi connectivity index (χ4n) is 2.68. The molecule has 0 aliphatic rings. The summed E-state index contributed by atoms with van der Waals surface area (Å²) in [4.78, 5) is 12.4. The van der Waals surface area contributed by atoms with Crippen LogP contribution in [0.1, 0.15) is 49.2 Å². The monoisotopic (exact) mass is 380 g/mol. The van der Waals surface area contributed by atoms with E-state index in [1.54, 1.807) is 18.2 Å². The van der Waals surface area contributed by atoms with Crippen molar-refractivity contribution in [1.29, 1.82) is 0 Å². The van der Waals surface area contributed by atoms with Gasteiger partial charge in [0.25, 0.3) is 0 Å². The molecule has 0 saturated carbocycles. The highest BCUT2D eigenvalue weighted by molar-refractivity contribution is 6.07. The average Bonchev–Trinajstić information content (AvgIpc) is 2.62. The number of allylic oxidation sites excluding steroid dienone is 2. The van der Waals surface area contributed by atoms with E-state index in [0.717, 1.165) is 16.9 Å². The molecule has 4 nitrogen and oxygen atoms in total. The van der Waals surface area contributed by atoms with Gasteiger partial charge in [-0.3, -0.25) is 4.79 Å². The number of carbonyl (C=O) groups excluding carboxylic acids is 1. The van der Waals surface area contributed by atoms with Crippen LogP contribution >= 0.6 is 0 Å². The van der Waals surface area contributed by atoms with Gasteiger partial charge in [-0.1, -0.05) is 6.08 Å². The van der Waals surface area contributed by atoms with Gasteiger partial charge >= 0.3 is 0 Å². The Morgan fingerprint density at radius 2 is 1.64 bits per heavy atom. The minimum Gasteiger partial charge on any atom is -0.508 e. The van der Waals surface area contributed by atoms with Crippen molar-refractivity contribution >= 4 is 11.9 Å². The quantitative estimate of drug-likeness (QED) is 0.350. The maximum Gasteiger partial charge on any atom is 0.185 e. The lowest BCUT2D eigenvalue weighted by Crippen LogP contribution is -2.10. The van der Waals surface area contributed by atoms with Crippen LogP contribution in [0.15, 0.2) is 55.1 Å². The molecule has 0 heterocycles. The van der Waals surface area contributed by atoms with Crippen LogP contribution in [-0.2, 0) is 6.42 Å². The van der Waals surface area contributed by atoms with E-state index < -0.39 is 0 Å². The zero-order valence-corrected chi connectivity index (χ0v) is 16.9. The molecule has 0 radical (unpaired) electrons. The number of phenols is 1. The summed E-state index contributed by atoms with van der Waals surface area (Å²) in [5.74, 6) is 1.40. The van der Waals surface area contributed by atoms with E-state index in [-0.39, 0.29) is 23.7 Å². The Balaban J connectivity index is 2.41. The molecule has 2 aromatic carbocycles. The number of hydrogen-bond donors (Lipinski definition) is 1. The summed E-state index contributed by atoms with van der Waals surface area (Å²) >= 11 is 0. The maximum absolute atomic E-state index is 12.4. The first-order chi connectivity index (χ1) is 13.3. The van der Waals surface area contributed by atoms with Gasteiger partial charge in [0, 0.05) is 17.2 Å². The Morgan fingerprint density at radius 3 is 2.21 bits per heavy atom. The normalized spacial score (nSPS) is 11.2. The predicted octanol–water partition coefficient (Wildman–Crippen LogP) is 5.59. The van der Waals surface area contributed by atoms with Crippen molar-refractivity contribution in [3.63, 3.8) is 0 Å². The Morgan fingerprint density at radius 1 is 1.04 bits per heavy atom. The van der Waals surface area contributed by atoms with Crippen molar-refractivity contribution in [2.75, 3.05) is 0 Å². The number of hydrogen-bond acceptors (Lipinski definition) is 4. The van der Waals surface area contributed by atoms with Crippen molar-refractivity contribution in [2.24, 2.45) is 0 Å². The zero-order chi connectivity index (χ0) is 20.7. The van der Waals surface area contributed by atoms with Gasteiger partial charge in [0.15, 0.2) is 5.78 Å². The first kappa shape index (κ1) is 21.3. The molecule has 148 valence electrons. The van der Waals surface area contributed by atoms with E-state index in [4.69, 9.17) is 9.47 Å². The van der Waals surface area contributed by atoms with E-state index in [0.29, 0.717) is 17.7 Å². The third kappa shape index (κ3) is 6.02. The molecule has 4 heteroatoms. The third-order valence-electron chi connectivity index (χ3n) is 3.85. The van der Waals surface area contributed by atoms with Crippen molar-refractivity contribution in [2.45, 2.75) is 46.3 Å². The van der Waals surface area contributed by atoms with Gasteiger partial charge in [0.1, 0.15) is 17.2 Å². The predicted molar refractivity (Wildman–Crippen MR) is 113 cm³/mol. The summed E-state index contributed by atoms with van der Waals surface area (Å²) in [6.45, 7) is 11.7. The summed E-state index contributed by atoms with van der Waals surface area (Å²) in [7, 11) is 0. The Hall–Kier alpha value is -3.01. The minimum absolute atomic E-state index is 0.0166. The Kier molecular flexibility index (Phi) is 7.44. The van der Waals surface area contributed by atoms with Crippen molar-refractivity contribution in [3.05, 3.63) is 71.8 Å². The SMILES string of the molecule is C=CCc1cc(/C=C/C(=O)c2ccc(O)cc2)c(OC(C)C)cc1OC(C)C. The van der Waals surface area contributed by atoms with Crippen LogP contribution in [0.4, 0.5) is 0 Å². The fraction of sp³-hybridized carbons (Fsp3) is 0.292. The minimum atomic E-state index is -0.150. The zero-order valence-electron chi connectivity index (χ0n) is 16.9. The molecule has 2 rings (SSSR count). The summed E-state index contributed by atoms with van der Waals surface area (Å²) in [5.41, 5.74) is 2.29. The molecule has 1 N–H and O–H groups in total. The molecule has 0 amide bonds. The van der Waals surface area contributed by atoms with E-state index in [1.165, 1.54) is 18.2 Å². The maximum atomic E-state index is 12.4. The van der Waals surface area contributed by atoms with Crippen LogP contribution in [0, 0.1) is 0 Å². The molecule has 28 heavy (non-hydrogen) atoms. The molecule has 0 saturated heterocycles. The highest BCUT2D eigenvalue weighted by Gasteiger charge is 2.13. The van der Waals surface area contributed by atoms with Crippen LogP contribution in [0.5, 0.6) is 17.2 Å². The summed E-state index contributed by atoms with van der Waals surface area (Å²) in [6, 6.07) is 10.0. The summed E-state index contributed by atoms with van der Waals surface area (Å²) in [6.07, 6.45) is 5.75. The molecular formula is C24H28O4. The van der Waals surface area contributed by atoms with E-state index >= 15 is 0 Å². The van der Waals surface area contributed by atoms with Crippen LogP contribution < -0.4 is 9.47 Å². The first-order valence-corrected chi connectivity index (χ1v) is 9.42. The number of ketones is 1. The second kappa shape index (κ2) is 9.79. The summed E-state index contributed by atoms with van der Waals surface area (Å²) < 4.78 is 11.9. The number of rotatable bonds is 9. The molecule has 0 aliphatic carbocycles. The van der Waals surface area contributed by atoms with Gasteiger partial charge < -0.3 is 14.6 Å². The van der Waals surface area contributed by atoms with E-state index in [1.807, 2.05) is 45.9 Å². The molecule has 0 spiro atoms. The molecule has 0 fully saturated rings. The lowest BCUT2D eigenvalue weighted by Gasteiger charge is -2.19. The van der Waals surface area contributed by atoms with Crippen LogP contribution in [0.2, 0.25) is 0 Å². The molecule has 0 aliphatic heterocycles. The Bertz CT molecular complexity index is 846.